The number of aryl methyl sites for hydroxylation is 1. The first kappa shape index (κ1) is 10.9. The largest absolute Gasteiger partial charge is 0.365 e. The highest BCUT2D eigenvalue weighted by Crippen LogP contribution is 2.14. The fourth-order valence-corrected chi connectivity index (χ4v) is 2.10. The van der Waals surface area contributed by atoms with Crippen molar-refractivity contribution in [2.24, 2.45) is 0 Å². The van der Waals surface area contributed by atoms with Crippen molar-refractivity contribution in [2.75, 3.05) is 11.9 Å². The molecule has 1 aliphatic heterocycles. The maximum atomic E-state index is 11.1. The maximum absolute atomic E-state index is 11.1. The number of fused-ring (bicyclic) bond motifs is 1. The van der Waals surface area contributed by atoms with Crippen LogP contribution in [0.1, 0.15) is 18.5 Å². The van der Waals surface area contributed by atoms with Crippen LogP contribution in [0.2, 0.25) is 0 Å². The number of nitrogens with one attached hydrogen (secondary N) is 2. The minimum absolute atomic E-state index is 0.116. The average molecular weight is 246 g/mol. The summed E-state index contributed by atoms with van der Waals surface area (Å²) >= 11 is 0. The summed E-state index contributed by atoms with van der Waals surface area (Å²) in [5.74, 6) is 1.55. The Bertz CT molecular complexity index is 582. The second-order valence-corrected chi connectivity index (χ2v) is 4.44. The molecule has 1 unspecified atom stereocenters. The average Bonchev–Trinajstić information content (AvgIpc) is 2.80. The van der Waals surface area contributed by atoms with Gasteiger partial charge in [-0.25, -0.2) is 4.98 Å². The molecule has 3 rings (SSSR count). The number of hydrogen-bond acceptors (Lipinski definition) is 5. The van der Waals surface area contributed by atoms with Crippen LogP contribution in [-0.2, 0) is 4.79 Å². The molecule has 0 spiro atoms. The zero-order chi connectivity index (χ0) is 12.5. The van der Waals surface area contributed by atoms with E-state index in [4.69, 9.17) is 0 Å². The maximum Gasteiger partial charge on any atom is 0.254 e. The molecule has 0 aromatic carbocycles. The third-order valence-electron chi connectivity index (χ3n) is 3.00. The number of hydrogen-bond donors (Lipinski definition) is 2. The smallest absolute Gasteiger partial charge is 0.254 e. The number of amides is 1. The van der Waals surface area contributed by atoms with Gasteiger partial charge in [0.25, 0.3) is 5.78 Å². The summed E-state index contributed by atoms with van der Waals surface area (Å²) in [6, 6.07) is 2.15. The van der Waals surface area contributed by atoms with Gasteiger partial charge in [-0.15, -0.1) is 0 Å². The van der Waals surface area contributed by atoms with Crippen molar-refractivity contribution in [3.63, 3.8) is 0 Å². The molecule has 0 bridgehead atoms. The fraction of sp³-hybridized carbons (Fsp3) is 0.455. The van der Waals surface area contributed by atoms with E-state index in [0.29, 0.717) is 18.7 Å². The second kappa shape index (κ2) is 4.25. The van der Waals surface area contributed by atoms with Gasteiger partial charge in [0, 0.05) is 30.8 Å². The lowest BCUT2D eigenvalue weighted by Gasteiger charge is -2.24. The second-order valence-electron chi connectivity index (χ2n) is 4.44. The van der Waals surface area contributed by atoms with Crippen LogP contribution in [0.5, 0.6) is 0 Å². The molecule has 94 valence electrons. The summed E-state index contributed by atoms with van der Waals surface area (Å²) in [6.45, 7) is 2.55. The van der Waals surface area contributed by atoms with Crippen LogP contribution in [0.25, 0.3) is 5.78 Å². The molecule has 2 aromatic heterocycles. The van der Waals surface area contributed by atoms with E-state index in [1.807, 2.05) is 13.0 Å². The number of nitrogens with zero attached hydrogens (tertiary/aromatic N) is 4. The van der Waals surface area contributed by atoms with E-state index in [0.717, 1.165) is 17.9 Å². The monoisotopic (exact) mass is 246 g/mol. The highest BCUT2D eigenvalue weighted by Gasteiger charge is 2.18. The zero-order valence-electron chi connectivity index (χ0n) is 10.1. The van der Waals surface area contributed by atoms with Gasteiger partial charge >= 0.3 is 0 Å². The molecule has 7 heteroatoms. The van der Waals surface area contributed by atoms with E-state index in [9.17, 15) is 4.79 Å². The molecule has 1 fully saturated rings. The summed E-state index contributed by atoms with van der Waals surface area (Å²) in [7, 11) is 0. The Kier molecular flexibility index (Phi) is 2.58. The summed E-state index contributed by atoms with van der Waals surface area (Å²) in [5.41, 5.74) is 0.887. The third kappa shape index (κ3) is 1.99. The molecule has 0 saturated carbocycles. The summed E-state index contributed by atoms with van der Waals surface area (Å²) < 4.78 is 1.67. The molecule has 7 nitrogen and oxygen atoms in total. The molecular weight excluding hydrogens is 232 g/mol. The molecule has 0 radical (unpaired) electrons. The standard InChI is InChI=1S/C11H14N6O/c1-7-4-9(17-11(15-7)13-6-14-17)16-8-2-3-10(18)12-5-8/h4,6,8,16H,2-3,5H2,1H3,(H,12,18). The van der Waals surface area contributed by atoms with Crippen molar-refractivity contribution < 1.29 is 4.79 Å². The van der Waals surface area contributed by atoms with Gasteiger partial charge < -0.3 is 10.6 Å². The molecule has 2 aromatic rings. The highest BCUT2D eigenvalue weighted by atomic mass is 16.1. The van der Waals surface area contributed by atoms with Crippen molar-refractivity contribution >= 4 is 17.5 Å². The van der Waals surface area contributed by atoms with Gasteiger partial charge in [-0.05, 0) is 13.3 Å². The van der Waals surface area contributed by atoms with Gasteiger partial charge in [-0.2, -0.15) is 14.6 Å². The summed E-state index contributed by atoms with van der Waals surface area (Å²) in [4.78, 5) is 19.5. The normalized spacial score (nSPS) is 19.8. The molecule has 2 N–H and O–H groups in total. The van der Waals surface area contributed by atoms with Gasteiger partial charge in [0.1, 0.15) is 12.1 Å². The van der Waals surface area contributed by atoms with Crippen LogP contribution in [0.3, 0.4) is 0 Å². The number of anilines is 1. The van der Waals surface area contributed by atoms with Gasteiger partial charge in [0.05, 0.1) is 0 Å². The number of carbonyl (C=O) groups excluding carboxylic acids is 1. The van der Waals surface area contributed by atoms with Crippen LogP contribution in [0.4, 0.5) is 5.82 Å². The van der Waals surface area contributed by atoms with Gasteiger partial charge in [-0.1, -0.05) is 0 Å². The number of piperidine rings is 1. The van der Waals surface area contributed by atoms with Crippen LogP contribution < -0.4 is 10.6 Å². The first-order chi connectivity index (χ1) is 8.72. The van der Waals surface area contributed by atoms with E-state index < -0.39 is 0 Å². The minimum atomic E-state index is 0.116. The molecule has 18 heavy (non-hydrogen) atoms. The Morgan fingerprint density at radius 3 is 3.22 bits per heavy atom. The van der Waals surface area contributed by atoms with Crippen molar-refractivity contribution in [1.82, 2.24) is 24.9 Å². The first-order valence-corrected chi connectivity index (χ1v) is 5.93. The SMILES string of the molecule is Cc1cc(NC2CCC(=O)NC2)n2ncnc2n1. The van der Waals surface area contributed by atoms with E-state index in [2.05, 4.69) is 25.7 Å². The highest BCUT2D eigenvalue weighted by molar-refractivity contribution is 5.77. The Labute approximate surface area is 104 Å². The van der Waals surface area contributed by atoms with Crippen LogP contribution in [0.15, 0.2) is 12.4 Å². The molecule has 0 aliphatic carbocycles. The van der Waals surface area contributed by atoms with Crippen molar-refractivity contribution in [3.8, 4) is 0 Å². The Morgan fingerprint density at radius 1 is 1.56 bits per heavy atom. The number of aromatic nitrogens is 4. The molecule has 1 amide bonds. The van der Waals surface area contributed by atoms with Gasteiger partial charge in [-0.3, -0.25) is 4.79 Å². The topological polar surface area (TPSA) is 84.2 Å². The van der Waals surface area contributed by atoms with Crippen LogP contribution in [-0.4, -0.2) is 38.1 Å². The van der Waals surface area contributed by atoms with Crippen molar-refractivity contribution in [3.05, 3.63) is 18.1 Å². The van der Waals surface area contributed by atoms with Gasteiger partial charge in [0.15, 0.2) is 0 Å². The lowest BCUT2D eigenvalue weighted by atomic mass is 10.1. The minimum Gasteiger partial charge on any atom is -0.365 e. The number of carbonyl (C=O) groups is 1. The Balaban J connectivity index is 1.85. The lowest BCUT2D eigenvalue weighted by Crippen LogP contribution is -2.42. The van der Waals surface area contributed by atoms with Crippen LogP contribution >= 0.6 is 0 Å². The Hall–Kier alpha value is -2.18. The first-order valence-electron chi connectivity index (χ1n) is 5.93. The van der Waals surface area contributed by atoms with E-state index in [-0.39, 0.29) is 11.9 Å². The summed E-state index contributed by atoms with van der Waals surface area (Å²) in [6.07, 6.45) is 2.86. The predicted molar refractivity (Wildman–Crippen MR) is 65.2 cm³/mol. The Morgan fingerprint density at radius 2 is 2.44 bits per heavy atom. The van der Waals surface area contributed by atoms with Crippen molar-refractivity contribution in [2.45, 2.75) is 25.8 Å². The zero-order valence-corrected chi connectivity index (χ0v) is 10.1. The van der Waals surface area contributed by atoms with E-state index >= 15 is 0 Å². The lowest BCUT2D eigenvalue weighted by molar-refractivity contribution is -0.122. The predicted octanol–water partition coefficient (Wildman–Crippen LogP) is 0.123. The van der Waals surface area contributed by atoms with E-state index in [1.165, 1.54) is 6.33 Å². The molecular formula is C11H14N6O. The van der Waals surface area contributed by atoms with Crippen LogP contribution in [0, 0.1) is 6.92 Å². The quantitative estimate of drug-likeness (QED) is 0.786. The van der Waals surface area contributed by atoms with Crippen molar-refractivity contribution in [1.29, 1.82) is 0 Å². The van der Waals surface area contributed by atoms with Gasteiger partial charge in [0.2, 0.25) is 5.91 Å². The fourth-order valence-electron chi connectivity index (χ4n) is 2.10. The van der Waals surface area contributed by atoms with E-state index in [1.54, 1.807) is 4.52 Å². The third-order valence-corrected chi connectivity index (χ3v) is 3.00. The molecule has 3 heterocycles. The summed E-state index contributed by atoms with van der Waals surface area (Å²) in [5, 5.41) is 10.4. The molecule has 1 saturated heterocycles. The number of rotatable bonds is 2. The molecule has 1 aliphatic rings. The molecule has 1 atom stereocenters.